The summed E-state index contributed by atoms with van der Waals surface area (Å²) in [6.45, 7) is 3.49. The van der Waals surface area contributed by atoms with Crippen LogP contribution in [0.5, 0.6) is 0 Å². The van der Waals surface area contributed by atoms with E-state index in [0.29, 0.717) is 0 Å². The van der Waals surface area contributed by atoms with E-state index in [9.17, 15) is 0 Å². The smallest absolute Gasteiger partial charge is 0.00956 e. The summed E-state index contributed by atoms with van der Waals surface area (Å²) in [5.41, 5.74) is 7.25. The maximum Gasteiger partial charge on any atom is 0.00956 e. The van der Waals surface area contributed by atoms with Crippen LogP contribution in [0.3, 0.4) is 0 Å². The van der Waals surface area contributed by atoms with E-state index in [4.69, 9.17) is 5.73 Å². The first-order chi connectivity index (χ1) is 10.4. The predicted molar refractivity (Wildman–Crippen MR) is 89.4 cm³/mol. The zero-order valence-corrected chi connectivity index (χ0v) is 13.2. The Hall–Kier alpha value is -0.860. The van der Waals surface area contributed by atoms with E-state index in [1.54, 1.807) is 5.56 Å². The van der Waals surface area contributed by atoms with E-state index in [1.165, 1.54) is 58.0 Å². The Labute approximate surface area is 129 Å². The highest BCUT2D eigenvalue weighted by Crippen LogP contribution is 2.36. The molecule has 21 heavy (non-hydrogen) atoms. The van der Waals surface area contributed by atoms with Gasteiger partial charge < -0.3 is 10.6 Å². The standard InChI is InChI=1S/C19H30N2/c20-13-10-16-11-14-21(15-12-16)19-8-6-18(7-9-19)17-4-2-1-3-5-17/h1-5,16,18-19H,6-15,20H2. The van der Waals surface area contributed by atoms with Crippen molar-refractivity contribution < 1.29 is 0 Å². The average Bonchev–Trinajstić information content (AvgIpc) is 2.57. The van der Waals surface area contributed by atoms with Crippen LogP contribution >= 0.6 is 0 Å². The largest absolute Gasteiger partial charge is 0.330 e. The zero-order valence-electron chi connectivity index (χ0n) is 13.2. The van der Waals surface area contributed by atoms with Crippen LogP contribution in [-0.2, 0) is 0 Å². The molecule has 1 saturated carbocycles. The molecule has 0 aromatic heterocycles. The lowest BCUT2D eigenvalue weighted by molar-refractivity contribution is 0.101. The summed E-state index contributed by atoms with van der Waals surface area (Å²) in [6, 6.07) is 12.0. The number of nitrogens with zero attached hydrogens (tertiary/aromatic N) is 1. The van der Waals surface area contributed by atoms with Gasteiger partial charge in [0, 0.05) is 6.04 Å². The second-order valence-corrected chi connectivity index (χ2v) is 6.97. The van der Waals surface area contributed by atoms with Crippen molar-refractivity contribution in [3.63, 3.8) is 0 Å². The molecule has 0 amide bonds. The molecule has 0 bridgehead atoms. The molecule has 0 atom stereocenters. The third-order valence-corrected chi connectivity index (χ3v) is 5.71. The molecule has 1 aliphatic heterocycles. The molecule has 2 aliphatic rings. The molecule has 1 heterocycles. The first-order valence-corrected chi connectivity index (χ1v) is 8.86. The van der Waals surface area contributed by atoms with Crippen LogP contribution in [0.4, 0.5) is 0 Å². The lowest BCUT2D eigenvalue weighted by Gasteiger charge is -2.41. The Morgan fingerprint density at radius 2 is 1.57 bits per heavy atom. The maximum absolute atomic E-state index is 5.69. The number of hydrogen-bond acceptors (Lipinski definition) is 2. The SMILES string of the molecule is NCCC1CCN(C2CCC(c3ccccc3)CC2)CC1. The van der Waals surface area contributed by atoms with Crippen molar-refractivity contribution in [3.05, 3.63) is 35.9 Å². The molecule has 1 aliphatic carbocycles. The third-order valence-electron chi connectivity index (χ3n) is 5.71. The van der Waals surface area contributed by atoms with Gasteiger partial charge in [-0.15, -0.1) is 0 Å². The van der Waals surface area contributed by atoms with Gasteiger partial charge in [-0.05, 0) is 82.0 Å². The van der Waals surface area contributed by atoms with Crippen LogP contribution in [0.2, 0.25) is 0 Å². The van der Waals surface area contributed by atoms with Crippen molar-refractivity contribution in [1.29, 1.82) is 0 Å². The van der Waals surface area contributed by atoms with Crippen LogP contribution < -0.4 is 5.73 Å². The van der Waals surface area contributed by atoms with Gasteiger partial charge >= 0.3 is 0 Å². The molecule has 3 rings (SSSR count). The molecular formula is C19H30N2. The summed E-state index contributed by atoms with van der Waals surface area (Å²) in [5.74, 6) is 1.70. The molecule has 0 spiro atoms. The highest BCUT2D eigenvalue weighted by Gasteiger charge is 2.29. The van der Waals surface area contributed by atoms with E-state index in [2.05, 4.69) is 35.2 Å². The highest BCUT2D eigenvalue weighted by molar-refractivity contribution is 5.20. The van der Waals surface area contributed by atoms with Crippen molar-refractivity contribution in [1.82, 2.24) is 4.90 Å². The fourth-order valence-corrected chi connectivity index (χ4v) is 4.34. The van der Waals surface area contributed by atoms with Crippen molar-refractivity contribution in [2.45, 2.75) is 56.9 Å². The summed E-state index contributed by atoms with van der Waals surface area (Å²) in [4.78, 5) is 2.77. The summed E-state index contributed by atoms with van der Waals surface area (Å²) < 4.78 is 0. The Balaban J connectivity index is 1.46. The quantitative estimate of drug-likeness (QED) is 0.913. The molecule has 2 heteroatoms. The molecule has 116 valence electrons. The molecule has 1 saturated heterocycles. The third kappa shape index (κ3) is 3.87. The van der Waals surface area contributed by atoms with Gasteiger partial charge in [0.05, 0.1) is 0 Å². The van der Waals surface area contributed by atoms with E-state index in [1.807, 2.05) is 0 Å². The monoisotopic (exact) mass is 286 g/mol. The number of hydrogen-bond donors (Lipinski definition) is 1. The molecule has 0 unspecified atom stereocenters. The molecule has 2 nitrogen and oxygen atoms in total. The van der Waals surface area contributed by atoms with Crippen molar-refractivity contribution in [2.75, 3.05) is 19.6 Å². The zero-order chi connectivity index (χ0) is 14.5. The highest BCUT2D eigenvalue weighted by atomic mass is 15.2. The van der Waals surface area contributed by atoms with Gasteiger partial charge in [0.2, 0.25) is 0 Å². The Morgan fingerprint density at radius 3 is 2.19 bits per heavy atom. The van der Waals surface area contributed by atoms with Crippen molar-refractivity contribution in [2.24, 2.45) is 11.7 Å². The number of likely N-dealkylation sites (tertiary alicyclic amines) is 1. The van der Waals surface area contributed by atoms with Gasteiger partial charge in [-0.25, -0.2) is 0 Å². The van der Waals surface area contributed by atoms with Gasteiger partial charge in [0.25, 0.3) is 0 Å². The average molecular weight is 286 g/mol. The number of benzene rings is 1. The molecular weight excluding hydrogens is 256 g/mol. The van der Waals surface area contributed by atoms with Crippen LogP contribution in [0, 0.1) is 5.92 Å². The number of piperidine rings is 1. The maximum atomic E-state index is 5.69. The lowest BCUT2D eigenvalue weighted by Crippen LogP contribution is -2.43. The van der Waals surface area contributed by atoms with Crippen LogP contribution in [-0.4, -0.2) is 30.6 Å². The Kier molecular flexibility index (Phi) is 5.32. The molecule has 1 aromatic rings. The summed E-state index contributed by atoms with van der Waals surface area (Å²) in [7, 11) is 0. The van der Waals surface area contributed by atoms with E-state index in [-0.39, 0.29) is 0 Å². The molecule has 1 aromatic carbocycles. The molecule has 0 radical (unpaired) electrons. The van der Waals surface area contributed by atoms with Crippen molar-refractivity contribution >= 4 is 0 Å². The van der Waals surface area contributed by atoms with Crippen LogP contribution in [0.1, 0.15) is 56.4 Å². The lowest BCUT2D eigenvalue weighted by atomic mass is 9.80. The second-order valence-electron chi connectivity index (χ2n) is 6.97. The van der Waals surface area contributed by atoms with E-state index in [0.717, 1.165) is 24.4 Å². The minimum Gasteiger partial charge on any atom is -0.330 e. The second kappa shape index (κ2) is 7.42. The number of rotatable bonds is 4. The van der Waals surface area contributed by atoms with Crippen LogP contribution in [0.25, 0.3) is 0 Å². The van der Waals surface area contributed by atoms with E-state index < -0.39 is 0 Å². The van der Waals surface area contributed by atoms with Gasteiger partial charge in [0.1, 0.15) is 0 Å². The summed E-state index contributed by atoms with van der Waals surface area (Å²) in [6.07, 6.45) is 9.50. The van der Waals surface area contributed by atoms with E-state index >= 15 is 0 Å². The van der Waals surface area contributed by atoms with Gasteiger partial charge in [-0.3, -0.25) is 0 Å². The minimum absolute atomic E-state index is 0.803. The number of nitrogens with two attached hydrogens (primary N) is 1. The topological polar surface area (TPSA) is 29.3 Å². The fourth-order valence-electron chi connectivity index (χ4n) is 4.34. The molecule has 2 N–H and O–H groups in total. The fraction of sp³-hybridized carbons (Fsp3) is 0.684. The Bertz CT molecular complexity index is 401. The first-order valence-electron chi connectivity index (χ1n) is 8.86. The molecule has 2 fully saturated rings. The van der Waals surface area contributed by atoms with Gasteiger partial charge in [-0.1, -0.05) is 30.3 Å². The minimum atomic E-state index is 0.803. The Morgan fingerprint density at radius 1 is 0.905 bits per heavy atom. The van der Waals surface area contributed by atoms with Gasteiger partial charge in [-0.2, -0.15) is 0 Å². The van der Waals surface area contributed by atoms with Gasteiger partial charge in [0.15, 0.2) is 0 Å². The van der Waals surface area contributed by atoms with Crippen LogP contribution in [0.15, 0.2) is 30.3 Å². The first kappa shape index (κ1) is 15.1. The summed E-state index contributed by atoms with van der Waals surface area (Å²) >= 11 is 0. The normalized spacial score (nSPS) is 28.6. The predicted octanol–water partition coefficient (Wildman–Crippen LogP) is 3.77. The van der Waals surface area contributed by atoms with Crippen molar-refractivity contribution in [3.8, 4) is 0 Å². The summed E-state index contributed by atoms with van der Waals surface area (Å²) in [5, 5.41) is 0.